The van der Waals surface area contributed by atoms with Crippen molar-refractivity contribution in [3.8, 4) is 0 Å². The summed E-state index contributed by atoms with van der Waals surface area (Å²) >= 11 is 1.09. The Labute approximate surface area is 165 Å². The highest BCUT2D eigenvalue weighted by molar-refractivity contribution is 7.89. The van der Waals surface area contributed by atoms with Crippen molar-refractivity contribution < 1.29 is 27.5 Å². The highest BCUT2D eigenvalue weighted by Gasteiger charge is 2.24. The fourth-order valence-electron chi connectivity index (χ4n) is 2.09. The van der Waals surface area contributed by atoms with Gasteiger partial charge in [-0.2, -0.15) is 4.72 Å². The predicted molar refractivity (Wildman–Crippen MR) is 103 cm³/mol. The molecule has 1 unspecified atom stereocenters. The number of primary amides is 1. The Hall–Kier alpha value is -2.76. The van der Waals surface area contributed by atoms with Gasteiger partial charge in [-0.25, -0.2) is 8.42 Å². The van der Waals surface area contributed by atoms with Crippen LogP contribution in [0.2, 0.25) is 0 Å². The zero-order chi connectivity index (χ0) is 20.9. The first kappa shape index (κ1) is 21.5. The zero-order valence-electron chi connectivity index (χ0n) is 15.1. The van der Waals surface area contributed by atoms with Gasteiger partial charge in [-0.15, -0.1) is 11.3 Å². The molecule has 0 fully saturated rings. The summed E-state index contributed by atoms with van der Waals surface area (Å²) in [6.07, 6.45) is 0. The molecule has 2 amide bonds. The molecular formula is C17H19N3O6S2. The number of esters is 1. The second kappa shape index (κ2) is 8.95. The summed E-state index contributed by atoms with van der Waals surface area (Å²) < 4.78 is 31.6. The van der Waals surface area contributed by atoms with E-state index in [0.717, 1.165) is 16.9 Å². The summed E-state index contributed by atoms with van der Waals surface area (Å²) in [5.41, 5.74) is 6.21. The third-order valence-electron chi connectivity index (χ3n) is 3.55. The SMILES string of the molecule is Cc1ccc(S(=O)(=O)NC(C)C(=O)OCC(=O)Nc2sccc2C(N)=O)cc1. The fraction of sp³-hybridized carbons (Fsp3) is 0.235. The maximum Gasteiger partial charge on any atom is 0.324 e. The van der Waals surface area contributed by atoms with E-state index in [1.165, 1.54) is 25.1 Å². The van der Waals surface area contributed by atoms with E-state index in [1.807, 2.05) is 6.92 Å². The molecule has 2 aromatic rings. The van der Waals surface area contributed by atoms with Crippen LogP contribution in [0.1, 0.15) is 22.8 Å². The van der Waals surface area contributed by atoms with E-state index >= 15 is 0 Å². The number of nitrogens with one attached hydrogen (secondary N) is 2. The quantitative estimate of drug-likeness (QED) is 0.538. The third kappa shape index (κ3) is 5.62. The van der Waals surface area contributed by atoms with Gasteiger partial charge in [0.15, 0.2) is 6.61 Å². The van der Waals surface area contributed by atoms with Crippen molar-refractivity contribution in [2.45, 2.75) is 24.8 Å². The van der Waals surface area contributed by atoms with Gasteiger partial charge in [0.2, 0.25) is 10.0 Å². The minimum Gasteiger partial charge on any atom is -0.454 e. The molecule has 1 aromatic carbocycles. The number of benzene rings is 1. The van der Waals surface area contributed by atoms with Crippen LogP contribution in [0.3, 0.4) is 0 Å². The molecule has 4 N–H and O–H groups in total. The van der Waals surface area contributed by atoms with Crippen LogP contribution < -0.4 is 15.8 Å². The molecule has 1 aromatic heterocycles. The van der Waals surface area contributed by atoms with Crippen LogP contribution in [0, 0.1) is 6.92 Å². The lowest BCUT2D eigenvalue weighted by molar-refractivity contribution is -0.148. The predicted octanol–water partition coefficient (Wildman–Crippen LogP) is 1.00. The molecule has 150 valence electrons. The van der Waals surface area contributed by atoms with E-state index in [2.05, 4.69) is 10.0 Å². The lowest BCUT2D eigenvalue weighted by Gasteiger charge is -2.14. The second-order valence-corrected chi connectivity index (χ2v) is 8.47. The molecule has 28 heavy (non-hydrogen) atoms. The molecule has 0 spiro atoms. The summed E-state index contributed by atoms with van der Waals surface area (Å²) in [6.45, 7) is 2.47. The third-order valence-corrected chi connectivity index (χ3v) is 5.93. The van der Waals surface area contributed by atoms with Crippen molar-refractivity contribution in [2.75, 3.05) is 11.9 Å². The topological polar surface area (TPSA) is 145 Å². The van der Waals surface area contributed by atoms with Gasteiger partial charge in [-0.05, 0) is 37.4 Å². The molecular weight excluding hydrogens is 406 g/mol. The molecule has 0 saturated carbocycles. The van der Waals surface area contributed by atoms with Crippen molar-refractivity contribution in [3.63, 3.8) is 0 Å². The molecule has 0 saturated heterocycles. The highest BCUT2D eigenvalue weighted by Crippen LogP contribution is 2.22. The number of thiophene rings is 1. The van der Waals surface area contributed by atoms with Crippen LogP contribution in [0.5, 0.6) is 0 Å². The number of hydrogen-bond acceptors (Lipinski definition) is 7. The Morgan fingerprint density at radius 3 is 2.43 bits per heavy atom. The average molecular weight is 425 g/mol. The van der Waals surface area contributed by atoms with E-state index in [1.54, 1.807) is 17.5 Å². The number of aryl methyl sites for hydroxylation is 1. The summed E-state index contributed by atoms with van der Waals surface area (Å²) in [5, 5.41) is 4.22. The number of nitrogens with two attached hydrogens (primary N) is 1. The summed E-state index contributed by atoms with van der Waals surface area (Å²) in [4.78, 5) is 35.1. The Morgan fingerprint density at radius 1 is 1.18 bits per heavy atom. The number of carbonyl (C=O) groups is 3. The van der Waals surface area contributed by atoms with Gasteiger partial charge >= 0.3 is 5.97 Å². The van der Waals surface area contributed by atoms with Crippen LogP contribution in [-0.4, -0.2) is 38.9 Å². The van der Waals surface area contributed by atoms with Gasteiger partial charge in [0, 0.05) is 0 Å². The summed E-state index contributed by atoms with van der Waals surface area (Å²) in [5.74, 6) is -2.31. The van der Waals surface area contributed by atoms with Crippen molar-refractivity contribution in [1.82, 2.24) is 4.72 Å². The van der Waals surface area contributed by atoms with Crippen LogP contribution in [-0.2, 0) is 24.3 Å². The Balaban J connectivity index is 1.89. The minimum absolute atomic E-state index is 0.00664. The standard InChI is InChI=1S/C17H19N3O6S2/c1-10-3-5-12(6-4-10)28(24,25)20-11(2)17(23)26-9-14(21)19-16-13(15(18)22)7-8-27-16/h3-8,11,20H,9H2,1-2H3,(H2,18,22)(H,19,21). The van der Waals surface area contributed by atoms with E-state index in [9.17, 15) is 22.8 Å². The number of rotatable bonds is 8. The first-order valence-corrected chi connectivity index (χ1v) is 10.4. The number of anilines is 1. The lowest BCUT2D eigenvalue weighted by atomic mass is 10.2. The van der Waals surface area contributed by atoms with E-state index in [0.29, 0.717) is 0 Å². The van der Waals surface area contributed by atoms with Gasteiger partial charge in [0.25, 0.3) is 11.8 Å². The van der Waals surface area contributed by atoms with Gasteiger partial charge < -0.3 is 15.8 Å². The van der Waals surface area contributed by atoms with Gasteiger partial charge in [-0.1, -0.05) is 17.7 Å². The molecule has 0 aliphatic heterocycles. The second-order valence-electron chi connectivity index (χ2n) is 5.84. The van der Waals surface area contributed by atoms with Crippen molar-refractivity contribution in [3.05, 3.63) is 46.8 Å². The van der Waals surface area contributed by atoms with E-state index < -0.39 is 40.5 Å². The Morgan fingerprint density at radius 2 is 1.82 bits per heavy atom. The molecule has 0 aliphatic carbocycles. The van der Waals surface area contributed by atoms with Crippen LogP contribution >= 0.6 is 11.3 Å². The number of ether oxygens (including phenoxy) is 1. The van der Waals surface area contributed by atoms with E-state index in [4.69, 9.17) is 10.5 Å². The monoisotopic (exact) mass is 425 g/mol. The largest absolute Gasteiger partial charge is 0.454 e. The lowest BCUT2D eigenvalue weighted by Crippen LogP contribution is -2.40. The van der Waals surface area contributed by atoms with Gasteiger partial charge in [0.1, 0.15) is 11.0 Å². The summed E-state index contributed by atoms with van der Waals surface area (Å²) in [6, 6.07) is 6.35. The normalized spacial score (nSPS) is 12.2. The molecule has 9 nitrogen and oxygen atoms in total. The molecule has 11 heteroatoms. The zero-order valence-corrected chi connectivity index (χ0v) is 16.7. The summed E-state index contributed by atoms with van der Waals surface area (Å²) in [7, 11) is -3.92. The maximum absolute atomic E-state index is 12.3. The number of hydrogen-bond donors (Lipinski definition) is 3. The van der Waals surface area contributed by atoms with Crippen molar-refractivity contribution in [1.29, 1.82) is 0 Å². The first-order valence-electron chi connectivity index (χ1n) is 8.03. The van der Waals surface area contributed by atoms with E-state index in [-0.39, 0.29) is 15.5 Å². The Bertz CT molecular complexity index is 983. The fourth-order valence-corrected chi connectivity index (χ4v) is 4.09. The first-order chi connectivity index (χ1) is 13.1. The average Bonchev–Trinajstić information content (AvgIpc) is 3.08. The number of sulfonamides is 1. The number of carbonyl (C=O) groups excluding carboxylic acids is 3. The Kier molecular flexibility index (Phi) is 6.89. The van der Waals surface area contributed by atoms with Crippen LogP contribution in [0.15, 0.2) is 40.6 Å². The molecule has 1 heterocycles. The molecule has 0 radical (unpaired) electrons. The van der Waals surface area contributed by atoms with Crippen molar-refractivity contribution in [2.24, 2.45) is 5.73 Å². The molecule has 0 bridgehead atoms. The van der Waals surface area contributed by atoms with Crippen LogP contribution in [0.25, 0.3) is 0 Å². The molecule has 2 rings (SSSR count). The van der Waals surface area contributed by atoms with Gasteiger partial charge in [0.05, 0.1) is 10.5 Å². The highest BCUT2D eigenvalue weighted by atomic mass is 32.2. The molecule has 1 atom stereocenters. The minimum atomic E-state index is -3.92. The van der Waals surface area contributed by atoms with Crippen molar-refractivity contribution >= 4 is 44.1 Å². The smallest absolute Gasteiger partial charge is 0.324 e. The van der Waals surface area contributed by atoms with Crippen LogP contribution in [0.4, 0.5) is 5.00 Å². The number of amides is 2. The molecule has 0 aliphatic rings. The van der Waals surface area contributed by atoms with Gasteiger partial charge in [-0.3, -0.25) is 14.4 Å². The maximum atomic E-state index is 12.3.